The van der Waals surface area contributed by atoms with E-state index in [9.17, 15) is 14.4 Å². The second-order valence-corrected chi connectivity index (χ2v) is 8.62. The Bertz CT molecular complexity index is 772. The number of likely N-dealkylation sites (tertiary alicyclic amines) is 1. The molecular weight excluding hydrogens is 350 g/mol. The van der Waals surface area contributed by atoms with Gasteiger partial charge in [-0.25, -0.2) is 0 Å². The first-order valence-electron chi connectivity index (χ1n) is 9.48. The van der Waals surface area contributed by atoms with Gasteiger partial charge in [-0.05, 0) is 43.1 Å². The van der Waals surface area contributed by atoms with Crippen molar-refractivity contribution in [2.45, 2.75) is 50.7 Å². The topological polar surface area (TPSA) is 71.4 Å². The van der Waals surface area contributed by atoms with Crippen molar-refractivity contribution in [1.29, 1.82) is 0 Å². The highest BCUT2D eigenvalue weighted by Crippen LogP contribution is 2.47. The number of hydrogen-bond donors (Lipinski definition) is 1. The van der Waals surface area contributed by atoms with Gasteiger partial charge in [0.2, 0.25) is 5.91 Å². The van der Waals surface area contributed by atoms with Crippen molar-refractivity contribution in [2.75, 3.05) is 18.1 Å². The summed E-state index contributed by atoms with van der Waals surface area (Å²) in [5.41, 5.74) is -0.0193. The SMILES string of the molecule is CCC(=O)N1[C@H](CNC(=O)c2cccn(C3CCSC3)c2=O)C[C@@H]2C[C@@H]21. The van der Waals surface area contributed by atoms with Gasteiger partial charge in [0.1, 0.15) is 5.56 Å². The number of fused-ring (bicyclic) bond motifs is 1. The van der Waals surface area contributed by atoms with Crippen LogP contribution in [-0.4, -0.2) is 51.4 Å². The Labute approximate surface area is 157 Å². The molecule has 0 radical (unpaired) electrons. The number of thioether (sulfide) groups is 1. The fraction of sp³-hybridized carbons (Fsp3) is 0.632. The molecule has 3 fully saturated rings. The number of amides is 2. The highest BCUT2D eigenvalue weighted by Gasteiger charge is 2.53. The van der Waals surface area contributed by atoms with Crippen molar-refractivity contribution in [3.05, 3.63) is 34.2 Å². The number of carbonyl (C=O) groups is 2. The first kappa shape index (κ1) is 17.6. The number of nitrogens with one attached hydrogen (secondary N) is 1. The maximum Gasteiger partial charge on any atom is 0.263 e. The molecule has 2 amide bonds. The highest BCUT2D eigenvalue weighted by molar-refractivity contribution is 7.99. The van der Waals surface area contributed by atoms with Crippen molar-refractivity contribution in [3.8, 4) is 0 Å². The van der Waals surface area contributed by atoms with Crippen LogP contribution in [0.4, 0.5) is 0 Å². The number of carbonyl (C=O) groups excluding carboxylic acids is 2. The molecule has 1 N–H and O–H groups in total. The van der Waals surface area contributed by atoms with Crippen LogP contribution in [0.5, 0.6) is 0 Å². The maximum absolute atomic E-state index is 12.7. The molecule has 1 aromatic heterocycles. The lowest BCUT2D eigenvalue weighted by Crippen LogP contribution is -2.45. The van der Waals surface area contributed by atoms with Gasteiger partial charge >= 0.3 is 0 Å². The van der Waals surface area contributed by atoms with Crippen LogP contribution < -0.4 is 10.9 Å². The third-order valence-corrected chi connectivity index (χ3v) is 6.96. The lowest BCUT2D eigenvalue weighted by atomic mass is 10.1. The summed E-state index contributed by atoms with van der Waals surface area (Å²) in [5.74, 6) is 2.40. The highest BCUT2D eigenvalue weighted by atomic mass is 32.2. The van der Waals surface area contributed by atoms with E-state index in [-0.39, 0.29) is 35.0 Å². The largest absolute Gasteiger partial charge is 0.350 e. The molecule has 1 saturated carbocycles. The van der Waals surface area contributed by atoms with Gasteiger partial charge in [-0.1, -0.05) is 6.92 Å². The van der Waals surface area contributed by atoms with Gasteiger partial charge in [0.25, 0.3) is 11.5 Å². The van der Waals surface area contributed by atoms with Gasteiger partial charge < -0.3 is 14.8 Å². The molecule has 2 saturated heterocycles. The minimum absolute atomic E-state index is 0.0623. The normalized spacial score (nSPS) is 29.5. The fourth-order valence-electron chi connectivity index (χ4n) is 4.33. The molecule has 140 valence electrons. The quantitative estimate of drug-likeness (QED) is 0.850. The van der Waals surface area contributed by atoms with Gasteiger partial charge in [0, 0.05) is 43.0 Å². The van der Waals surface area contributed by atoms with Crippen LogP contribution in [-0.2, 0) is 4.79 Å². The van der Waals surface area contributed by atoms with E-state index in [4.69, 9.17) is 0 Å². The summed E-state index contributed by atoms with van der Waals surface area (Å²) in [6.45, 7) is 2.30. The molecule has 3 heterocycles. The average Bonchev–Trinajstić information content (AvgIpc) is 3.07. The fourth-order valence-corrected chi connectivity index (χ4v) is 5.53. The first-order chi connectivity index (χ1) is 12.6. The van der Waals surface area contributed by atoms with E-state index in [0.717, 1.165) is 30.8 Å². The number of rotatable bonds is 5. The molecule has 3 aliphatic rings. The summed E-state index contributed by atoms with van der Waals surface area (Å²) >= 11 is 1.84. The van der Waals surface area contributed by atoms with Crippen LogP contribution in [0.1, 0.15) is 49.0 Å². The molecule has 1 aliphatic carbocycles. The second-order valence-electron chi connectivity index (χ2n) is 7.47. The van der Waals surface area contributed by atoms with Crippen LogP contribution in [0.15, 0.2) is 23.1 Å². The molecule has 7 heteroatoms. The molecule has 0 bridgehead atoms. The van der Waals surface area contributed by atoms with Gasteiger partial charge in [-0.15, -0.1) is 0 Å². The molecule has 6 nitrogen and oxygen atoms in total. The second kappa shape index (κ2) is 7.10. The van der Waals surface area contributed by atoms with Crippen molar-refractivity contribution in [3.63, 3.8) is 0 Å². The summed E-state index contributed by atoms with van der Waals surface area (Å²) in [5, 5.41) is 2.90. The first-order valence-corrected chi connectivity index (χ1v) is 10.6. The monoisotopic (exact) mass is 375 g/mol. The zero-order valence-electron chi connectivity index (χ0n) is 15.0. The molecule has 0 aromatic carbocycles. The molecule has 4 atom stereocenters. The standard InChI is InChI=1S/C19H25N3O3S/c1-2-17(23)22-14(8-12-9-16(12)22)10-20-18(24)15-4-3-6-21(19(15)25)13-5-7-26-11-13/h3-4,6,12-14,16H,2,5,7-11H2,1H3,(H,20,24)/t12-,13?,14+,16+/m1/s1. The minimum Gasteiger partial charge on any atom is -0.350 e. The van der Waals surface area contributed by atoms with Crippen molar-refractivity contribution >= 4 is 23.6 Å². The van der Waals surface area contributed by atoms with Crippen molar-refractivity contribution < 1.29 is 9.59 Å². The van der Waals surface area contributed by atoms with E-state index in [0.29, 0.717) is 24.9 Å². The van der Waals surface area contributed by atoms with Crippen molar-refractivity contribution in [2.24, 2.45) is 5.92 Å². The molecular formula is C19H25N3O3S. The Morgan fingerprint density at radius 1 is 1.35 bits per heavy atom. The zero-order chi connectivity index (χ0) is 18.3. The Morgan fingerprint density at radius 3 is 2.92 bits per heavy atom. The molecule has 2 aliphatic heterocycles. The van der Waals surface area contributed by atoms with Crippen LogP contribution in [0.3, 0.4) is 0 Å². The van der Waals surface area contributed by atoms with Crippen molar-refractivity contribution in [1.82, 2.24) is 14.8 Å². The van der Waals surface area contributed by atoms with Gasteiger partial charge in [-0.3, -0.25) is 14.4 Å². The Morgan fingerprint density at radius 2 is 2.19 bits per heavy atom. The van der Waals surface area contributed by atoms with E-state index >= 15 is 0 Å². The zero-order valence-corrected chi connectivity index (χ0v) is 15.8. The van der Waals surface area contributed by atoms with Gasteiger partial charge in [0.15, 0.2) is 0 Å². The third kappa shape index (κ3) is 3.17. The van der Waals surface area contributed by atoms with Gasteiger partial charge in [0.05, 0.1) is 0 Å². The molecule has 4 rings (SSSR count). The summed E-state index contributed by atoms with van der Waals surface area (Å²) < 4.78 is 1.70. The smallest absolute Gasteiger partial charge is 0.263 e. The summed E-state index contributed by atoms with van der Waals surface area (Å²) in [4.78, 5) is 39.4. The molecule has 0 spiro atoms. The molecule has 26 heavy (non-hydrogen) atoms. The van der Waals surface area contributed by atoms with Crippen LogP contribution in [0, 0.1) is 5.92 Å². The van der Waals surface area contributed by atoms with Crippen LogP contribution >= 0.6 is 11.8 Å². The number of hydrogen-bond acceptors (Lipinski definition) is 4. The van der Waals surface area contributed by atoms with E-state index in [1.807, 2.05) is 23.6 Å². The van der Waals surface area contributed by atoms with E-state index in [1.165, 1.54) is 0 Å². The van der Waals surface area contributed by atoms with Gasteiger partial charge in [-0.2, -0.15) is 11.8 Å². The minimum atomic E-state index is -0.334. The Kier molecular flexibility index (Phi) is 4.82. The number of aromatic nitrogens is 1. The number of pyridine rings is 1. The summed E-state index contributed by atoms with van der Waals surface area (Å²) in [7, 11) is 0. The third-order valence-electron chi connectivity index (χ3n) is 5.82. The molecule has 1 aromatic rings. The maximum atomic E-state index is 12.7. The Hall–Kier alpha value is -1.76. The van der Waals surface area contributed by atoms with Crippen LogP contribution in [0.25, 0.3) is 0 Å². The van der Waals surface area contributed by atoms with E-state index in [1.54, 1.807) is 22.9 Å². The van der Waals surface area contributed by atoms with E-state index < -0.39 is 0 Å². The Balaban J connectivity index is 1.43. The van der Waals surface area contributed by atoms with Crippen LogP contribution in [0.2, 0.25) is 0 Å². The average molecular weight is 375 g/mol. The summed E-state index contributed by atoms with van der Waals surface area (Å²) in [6.07, 6.45) is 5.29. The lowest BCUT2D eigenvalue weighted by Gasteiger charge is -2.27. The molecule has 1 unspecified atom stereocenters. The lowest BCUT2D eigenvalue weighted by molar-refractivity contribution is -0.132. The predicted octanol–water partition coefficient (Wildman–Crippen LogP) is 1.66. The predicted molar refractivity (Wildman–Crippen MR) is 101 cm³/mol. The number of nitrogens with zero attached hydrogens (tertiary/aromatic N) is 2. The van der Waals surface area contributed by atoms with E-state index in [2.05, 4.69) is 5.32 Å². The number of piperidine rings is 1. The summed E-state index contributed by atoms with van der Waals surface area (Å²) in [6, 6.07) is 3.99.